The summed E-state index contributed by atoms with van der Waals surface area (Å²) in [6, 6.07) is 31.6. The summed E-state index contributed by atoms with van der Waals surface area (Å²) in [5.41, 5.74) is 12.5. The fourth-order valence-electron chi connectivity index (χ4n) is 3.80. The molecule has 0 aromatic heterocycles. The molecule has 1 heteroatoms. The number of rotatable bonds is 3. The third-order valence-electron chi connectivity index (χ3n) is 5.22. The Morgan fingerprint density at radius 2 is 1.19 bits per heavy atom. The van der Waals surface area contributed by atoms with Crippen molar-refractivity contribution in [2.75, 3.05) is 0 Å². The number of nitrogens with two attached hydrogens (primary N) is 1. The van der Waals surface area contributed by atoms with Crippen molar-refractivity contribution < 1.29 is 0 Å². The average molecular weight is 337 g/mol. The summed E-state index contributed by atoms with van der Waals surface area (Å²) in [5.74, 6) is 0.110. The highest BCUT2D eigenvalue weighted by atomic mass is 14.8. The van der Waals surface area contributed by atoms with Crippen molar-refractivity contribution in [3.63, 3.8) is 0 Å². The summed E-state index contributed by atoms with van der Waals surface area (Å²) in [4.78, 5) is 0. The van der Waals surface area contributed by atoms with Gasteiger partial charge >= 0.3 is 0 Å². The van der Waals surface area contributed by atoms with Crippen LogP contribution >= 0.6 is 0 Å². The van der Waals surface area contributed by atoms with Crippen molar-refractivity contribution in [1.29, 1.82) is 0 Å². The van der Waals surface area contributed by atoms with Crippen LogP contribution in [0.25, 0.3) is 11.1 Å². The van der Waals surface area contributed by atoms with Gasteiger partial charge in [-0.1, -0.05) is 97.1 Å². The smallest absolute Gasteiger partial charge is 0.0492 e. The van der Waals surface area contributed by atoms with Crippen molar-refractivity contribution in [2.45, 2.75) is 18.4 Å². The second-order valence-corrected chi connectivity index (χ2v) is 7.08. The SMILES string of the molecule is CC1(N)C(c2ccccc2)=CC(c2ccccc2)=CC1c1ccccc1. The van der Waals surface area contributed by atoms with Gasteiger partial charge in [-0.25, -0.2) is 0 Å². The molecule has 0 aliphatic heterocycles. The first-order valence-corrected chi connectivity index (χ1v) is 9.05. The van der Waals surface area contributed by atoms with Crippen molar-refractivity contribution in [3.8, 4) is 0 Å². The average Bonchev–Trinajstić information content (AvgIpc) is 2.69. The van der Waals surface area contributed by atoms with Gasteiger partial charge in [0.15, 0.2) is 0 Å². The van der Waals surface area contributed by atoms with Crippen LogP contribution in [-0.2, 0) is 0 Å². The van der Waals surface area contributed by atoms with E-state index in [1.165, 1.54) is 27.8 Å². The maximum absolute atomic E-state index is 6.96. The van der Waals surface area contributed by atoms with Crippen LogP contribution in [0.4, 0.5) is 0 Å². The van der Waals surface area contributed by atoms with Gasteiger partial charge in [-0.2, -0.15) is 0 Å². The van der Waals surface area contributed by atoms with Gasteiger partial charge in [0.25, 0.3) is 0 Å². The van der Waals surface area contributed by atoms with E-state index in [2.05, 4.69) is 104 Å². The molecule has 0 saturated heterocycles. The molecule has 0 heterocycles. The monoisotopic (exact) mass is 337 g/mol. The first-order chi connectivity index (χ1) is 12.7. The largest absolute Gasteiger partial charge is 0.321 e. The van der Waals surface area contributed by atoms with E-state index in [0.717, 1.165) is 0 Å². The summed E-state index contributed by atoms with van der Waals surface area (Å²) in [6.07, 6.45) is 4.57. The van der Waals surface area contributed by atoms with Gasteiger partial charge < -0.3 is 5.73 Å². The second-order valence-electron chi connectivity index (χ2n) is 7.08. The van der Waals surface area contributed by atoms with Gasteiger partial charge in [-0.3, -0.25) is 0 Å². The minimum absolute atomic E-state index is 0.110. The van der Waals surface area contributed by atoms with Crippen molar-refractivity contribution in [2.24, 2.45) is 5.73 Å². The Labute approximate surface area is 155 Å². The third-order valence-corrected chi connectivity index (χ3v) is 5.22. The summed E-state index contributed by atoms with van der Waals surface area (Å²) in [5, 5.41) is 0. The molecule has 2 N–H and O–H groups in total. The first kappa shape index (κ1) is 16.6. The lowest BCUT2D eigenvalue weighted by atomic mass is 9.69. The van der Waals surface area contributed by atoms with Crippen molar-refractivity contribution in [3.05, 3.63) is 120 Å². The molecule has 3 aromatic rings. The van der Waals surface area contributed by atoms with E-state index < -0.39 is 5.54 Å². The molecular formula is C25H23N. The fourth-order valence-corrected chi connectivity index (χ4v) is 3.80. The molecule has 0 saturated carbocycles. The summed E-state index contributed by atoms with van der Waals surface area (Å²) in [6.45, 7) is 2.14. The van der Waals surface area contributed by atoms with Crippen LogP contribution in [0.1, 0.15) is 29.5 Å². The Morgan fingerprint density at radius 1 is 0.692 bits per heavy atom. The van der Waals surface area contributed by atoms with E-state index in [1.807, 2.05) is 6.07 Å². The van der Waals surface area contributed by atoms with Crippen LogP contribution in [0, 0.1) is 0 Å². The fraction of sp³-hybridized carbons (Fsp3) is 0.120. The second kappa shape index (κ2) is 6.78. The lowest BCUT2D eigenvalue weighted by Crippen LogP contribution is -2.44. The van der Waals surface area contributed by atoms with Gasteiger partial charge in [0.1, 0.15) is 0 Å². The predicted octanol–water partition coefficient (Wildman–Crippen LogP) is 5.67. The minimum Gasteiger partial charge on any atom is -0.321 e. The van der Waals surface area contributed by atoms with E-state index in [-0.39, 0.29) is 5.92 Å². The molecule has 26 heavy (non-hydrogen) atoms. The zero-order chi connectivity index (χ0) is 18.0. The molecule has 4 rings (SSSR count). The molecule has 0 fully saturated rings. The minimum atomic E-state index is -0.485. The standard InChI is InChI=1S/C25H23N/c1-25(26)23(20-13-7-3-8-14-20)17-22(19-11-5-2-6-12-19)18-24(25)21-15-9-4-10-16-21/h2-18,23H,26H2,1H3. The highest BCUT2D eigenvalue weighted by Crippen LogP contribution is 2.44. The Hall–Kier alpha value is -2.90. The van der Waals surface area contributed by atoms with Crippen LogP contribution in [0.3, 0.4) is 0 Å². The number of hydrogen-bond acceptors (Lipinski definition) is 1. The highest BCUT2D eigenvalue weighted by molar-refractivity contribution is 5.90. The highest BCUT2D eigenvalue weighted by Gasteiger charge is 2.37. The molecule has 0 bridgehead atoms. The maximum Gasteiger partial charge on any atom is 0.0492 e. The normalized spacial score (nSPS) is 22.5. The molecule has 0 radical (unpaired) electrons. The molecule has 3 aromatic carbocycles. The molecule has 2 atom stereocenters. The lowest BCUT2D eigenvalue weighted by Gasteiger charge is -2.39. The first-order valence-electron chi connectivity index (χ1n) is 9.05. The van der Waals surface area contributed by atoms with Crippen LogP contribution in [0.2, 0.25) is 0 Å². The van der Waals surface area contributed by atoms with Gasteiger partial charge in [0.2, 0.25) is 0 Å². The Kier molecular flexibility index (Phi) is 4.32. The quantitative estimate of drug-likeness (QED) is 0.655. The maximum atomic E-state index is 6.96. The van der Waals surface area contributed by atoms with Crippen LogP contribution in [0.15, 0.2) is 103 Å². The van der Waals surface area contributed by atoms with Gasteiger partial charge in [-0.05, 0) is 40.8 Å². The molecule has 0 spiro atoms. The predicted molar refractivity (Wildman–Crippen MR) is 111 cm³/mol. The number of allylic oxidation sites excluding steroid dienone is 2. The van der Waals surface area contributed by atoms with E-state index in [4.69, 9.17) is 5.73 Å². The van der Waals surface area contributed by atoms with Gasteiger partial charge in [0.05, 0.1) is 0 Å². The van der Waals surface area contributed by atoms with Crippen LogP contribution in [-0.4, -0.2) is 5.54 Å². The number of benzene rings is 3. The number of hydrogen-bond donors (Lipinski definition) is 1. The topological polar surface area (TPSA) is 26.0 Å². The molecule has 1 aliphatic carbocycles. The summed E-state index contributed by atoms with van der Waals surface area (Å²) < 4.78 is 0. The van der Waals surface area contributed by atoms with Crippen molar-refractivity contribution in [1.82, 2.24) is 0 Å². The Bertz CT molecular complexity index is 935. The van der Waals surface area contributed by atoms with E-state index in [0.29, 0.717) is 0 Å². The van der Waals surface area contributed by atoms with Crippen LogP contribution in [0.5, 0.6) is 0 Å². The zero-order valence-corrected chi connectivity index (χ0v) is 15.0. The Morgan fingerprint density at radius 3 is 1.77 bits per heavy atom. The summed E-state index contributed by atoms with van der Waals surface area (Å²) in [7, 11) is 0. The molecule has 1 nitrogen and oxygen atoms in total. The van der Waals surface area contributed by atoms with Gasteiger partial charge in [0, 0.05) is 11.5 Å². The van der Waals surface area contributed by atoms with Crippen molar-refractivity contribution >= 4 is 11.1 Å². The van der Waals surface area contributed by atoms with E-state index >= 15 is 0 Å². The van der Waals surface area contributed by atoms with E-state index in [1.54, 1.807) is 0 Å². The molecule has 128 valence electrons. The molecule has 2 unspecified atom stereocenters. The third kappa shape index (κ3) is 3.02. The van der Waals surface area contributed by atoms with Gasteiger partial charge in [-0.15, -0.1) is 0 Å². The zero-order valence-electron chi connectivity index (χ0n) is 15.0. The molecular weight excluding hydrogens is 314 g/mol. The molecule has 0 amide bonds. The summed E-state index contributed by atoms with van der Waals surface area (Å²) >= 11 is 0. The lowest BCUT2D eigenvalue weighted by molar-refractivity contribution is 0.538. The Balaban J connectivity index is 1.90. The van der Waals surface area contributed by atoms with E-state index in [9.17, 15) is 0 Å². The van der Waals surface area contributed by atoms with Crippen LogP contribution < -0.4 is 5.73 Å². The molecule has 1 aliphatic rings.